The summed E-state index contributed by atoms with van der Waals surface area (Å²) in [7, 11) is 0. The normalized spacial score (nSPS) is 11.4. The monoisotopic (exact) mass is 265 g/mol. The minimum absolute atomic E-state index is 0.155. The summed E-state index contributed by atoms with van der Waals surface area (Å²) in [5.41, 5.74) is 1.72. The van der Waals surface area contributed by atoms with Crippen molar-refractivity contribution >= 4 is 5.69 Å². The molecule has 100 valence electrons. The molecule has 0 heterocycles. The molecule has 2 aromatic carbocycles. The molecule has 2 rings (SSSR count). The lowest BCUT2D eigenvalue weighted by Crippen LogP contribution is -2.37. The molecule has 0 aromatic heterocycles. The van der Waals surface area contributed by atoms with E-state index in [4.69, 9.17) is 0 Å². The highest BCUT2D eigenvalue weighted by Crippen LogP contribution is 2.30. The van der Waals surface area contributed by atoms with Gasteiger partial charge in [-0.15, -0.1) is 0 Å². The van der Waals surface area contributed by atoms with Crippen molar-refractivity contribution in [3.63, 3.8) is 0 Å². The zero-order chi connectivity index (χ0) is 13.9. The van der Waals surface area contributed by atoms with Gasteiger partial charge >= 0.3 is 6.30 Å². The zero-order valence-corrected chi connectivity index (χ0v) is 10.5. The Morgan fingerprint density at radius 2 is 1.47 bits per heavy atom. The summed E-state index contributed by atoms with van der Waals surface area (Å²) < 4.78 is 39.4. The third-order valence-corrected chi connectivity index (χ3v) is 2.84. The Balaban J connectivity index is 2.29. The number of rotatable bonds is 3. The van der Waals surface area contributed by atoms with Gasteiger partial charge in [0.05, 0.1) is 6.54 Å². The average molecular weight is 265 g/mol. The zero-order valence-electron chi connectivity index (χ0n) is 10.5. The molecule has 0 unspecified atom stereocenters. The Hall–Kier alpha value is -1.97. The van der Waals surface area contributed by atoms with Crippen molar-refractivity contribution in [1.82, 2.24) is 0 Å². The first-order valence-corrected chi connectivity index (χ1v) is 5.92. The van der Waals surface area contributed by atoms with Crippen molar-refractivity contribution in [3.05, 3.63) is 65.7 Å². The molecule has 0 aliphatic heterocycles. The van der Waals surface area contributed by atoms with Crippen molar-refractivity contribution in [3.8, 4) is 0 Å². The van der Waals surface area contributed by atoms with Crippen LogP contribution < -0.4 is 4.90 Å². The summed E-state index contributed by atoms with van der Waals surface area (Å²) in [4.78, 5) is 0.446. The van der Waals surface area contributed by atoms with E-state index in [0.717, 1.165) is 5.56 Å². The molecule has 1 nitrogen and oxygen atoms in total. The lowest BCUT2D eigenvalue weighted by molar-refractivity contribution is -0.130. The van der Waals surface area contributed by atoms with Gasteiger partial charge in [0.15, 0.2) is 0 Å². The van der Waals surface area contributed by atoms with Gasteiger partial charge in [0, 0.05) is 5.69 Å². The maximum absolute atomic E-state index is 13.1. The fourth-order valence-corrected chi connectivity index (χ4v) is 1.82. The number of hydrogen-bond acceptors (Lipinski definition) is 1. The van der Waals surface area contributed by atoms with Crippen LogP contribution in [0.4, 0.5) is 18.9 Å². The van der Waals surface area contributed by atoms with E-state index in [0.29, 0.717) is 10.5 Å². The molecule has 0 fully saturated rings. The number of halogens is 3. The van der Waals surface area contributed by atoms with Crippen LogP contribution in [0.15, 0.2) is 54.6 Å². The van der Waals surface area contributed by atoms with Crippen molar-refractivity contribution in [1.29, 1.82) is 0 Å². The van der Waals surface area contributed by atoms with Gasteiger partial charge in [-0.1, -0.05) is 48.0 Å². The van der Waals surface area contributed by atoms with Crippen molar-refractivity contribution in [2.45, 2.75) is 19.8 Å². The predicted molar refractivity (Wildman–Crippen MR) is 69.9 cm³/mol. The second-order valence-corrected chi connectivity index (χ2v) is 4.38. The van der Waals surface area contributed by atoms with E-state index in [1.54, 1.807) is 42.5 Å². The van der Waals surface area contributed by atoms with E-state index in [-0.39, 0.29) is 12.2 Å². The Labute approximate surface area is 110 Å². The second-order valence-electron chi connectivity index (χ2n) is 4.38. The minimum atomic E-state index is -4.40. The van der Waals surface area contributed by atoms with Crippen LogP contribution in [0, 0.1) is 6.92 Å². The minimum Gasteiger partial charge on any atom is -0.280 e. The van der Waals surface area contributed by atoms with Gasteiger partial charge in [-0.3, -0.25) is 4.90 Å². The quantitative estimate of drug-likeness (QED) is 0.737. The van der Waals surface area contributed by atoms with Crippen molar-refractivity contribution < 1.29 is 13.2 Å². The highest BCUT2D eigenvalue weighted by molar-refractivity contribution is 5.48. The van der Waals surface area contributed by atoms with E-state index in [2.05, 4.69) is 0 Å². The number of alkyl halides is 3. The number of nitrogens with zero attached hydrogens (tertiary/aromatic N) is 1. The maximum atomic E-state index is 13.1. The molecule has 0 aliphatic rings. The van der Waals surface area contributed by atoms with Crippen LogP contribution in [-0.2, 0) is 6.54 Å². The first-order valence-electron chi connectivity index (χ1n) is 5.92. The number of benzene rings is 2. The summed E-state index contributed by atoms with van der Waals surface area (Å²) >= 11 is 0. The number of hydrogen-bond donors (Lipinski definition) is 0. The second kappa shape index (κ2) is 5.34. The van der Waals surface area contributed by atoms with Crippen LogP contribution in [0.1, 0.15) is 11.1 Å². The lowest BCUT2D eigenvalue weighted by Gasteiger charge is -2.27. The molecular formula is C15H14F3N. The Kier molecular flexibility index (Phi) is 3.79. The van der Waals surface area contributed by atoms with Gasteiger partial charge in [-0.2, -0.15) is 13.2 Å². The largest absolute Gasteiger partial charge is 0.485 e. The van der Waals surface area contributed by atoms with E-state index in [1.807, 2.05) is 6.92 Å². The average Bonchev–Trinajstić information content (AvgIpc) is 2.37. The first kappa shape index (κ1) is 13.5. The van der Waals surface area contributed by atoms with Crippen LogP contribution in [0.25, 0.3) is 0 Å². The molecule has 0 atom stereocenters. The topological polar surface area (TPSA) is 3.24 Å². The van der Waals surface area contributed by atoms with E-state index >= 15 is 0 Å². The summed E-state index contributed by atoms with van der Waals surface area (Å²) in [5, 5.41) is 0. The highest BCUT2D eigenvalue weighted by atomic mass is 19.4. The van der Waals surface area contributed by atoms with Crippen molar-refractivity contribution in [2.24, 2.45) is 0 Å². The van der Waals surface area contributed by atoms with Crippen LogP contribution in [0.3, 0.4) is 0 Å². The van der Waals surface area contributed by atoms with E-state index < -0.39 is 6.30 Å². The van der Waals surface area contributed by atoms with Gasteiger partial charge in [0.1, 0.15) is 0 Å². The standard InChI is InChI=1S/C15H14F3N/c1-12-7-9-14(10-8-12)19(15(16,17)18)11-13-5-3-2-4-6-13/h2-10H,11H2,1H3. The molecular weight excluding hydrogens is 251 g/mol. The van der Waals surface area contributed by atoms with E-state index in [1.165, 1.54) is 12.1 Å². The smallest absolute Gasteiger partial charge is 0.280 e. The molecule has 0 saturated carbocycles. The van der Waals surface area contributed by atoms with Crippen molar-refractivity contribution in [2.75, 3.05) is 4.90 Å². The van der Waals surface area contributed by atoms with Crippen LogP contribution in [-0.4, -0.2) is 6.30 Å². The Morgan fingerprint density at radius 3 is 2.00 bits per heavy atom. The predicted octanol–water partition coefficient (Wildman–Crippen LogP) is 4.52. The third-order valence-electron chi connectivity index (χ3n) is 2.84. The van der Waals surface area contributed by atoms with Crippen LogP contribution in [0.2, 0.25) is 0 Å². The maximum Gasteiger partial charge on any atom is 0.485 e. The lowest BCUT2D eigenvalue weighted by atomic mass is 10.2. The van der Waals surface area contributed by atoms with E-state index in [9.17, 15) is 13.2 Å². The van der Waals surface area contributed by atoms with Gasteiger partial charge in [-0.25, -0.2) is 0 Å². The molecule has 0 radical (unpaired) electrons. The molecule has 19 heavy (non-hydrogen) atoms. The van der Waals surface area contributed by atoms with Gasteiger partial charge in [-0.05, 0) is 24.6 Å². The fraction of sp³-hybridized carbons (Fsp3) is 0.200. The van der Waals surface area contributed by atoms with Gasteiger partial charge in [0.25, 0.3) is 0 Å². The summed E-state index contributed by atoms with van der Waals surface area (Å²) in [6, 6.07) is 15.0. The summed E-state index contributed by atoms with van der Waals surface area (Å²) in [5.74, 6) is 0. The van der Waals surface area contributed by atoms with Crippen LogP contribution >= 0.6 is 0 Å². The number of anilines is 1. The molecule has 0 amide bonds. The van der Waals surface area contributed by atoms with Gasteiger partial charge in [0.2, 0.25) is 0 Å². The highest BCUT2D eigenvalue weighted by Gasteiger charge is 2.37. The van der Waals surface area contributed by atoms with Crippen LogP contribution in [0.5, 0.6) is 0 Å². The molecule has 0 saturated heterocycles. The molecule has 0 aliphatic carbocycles. The van der Waals surface area contributed by atoms with Gasteiger partial charge < -0.3 is 0 Å². The SMILES string of the molecule is Cc1ccc(N(Cc2ccccc2)C(F)(F)F)cc1. The third kappa shape index (κ3) is 3.50. The Morgan fingerprint density at radius 1 is 0.895 bits per heavy atom. The Bertz CT molecular complexity index is 517. The molecule has 0 N–H and O–H groups in total. The summed E-state index contributed by atoms with van der Waals surface area (Å²) in [6.07, 6.45) is -4.40. The molecule has 4 heteroatoms. The number of aryl methyl sites for hydroxylation is 1. The molecule has 2 aromatic rings. The summed E-state index contributed by atoms with van der Waals surface area (Å²) in [6.45, 7) is 1.66. The first-order chi connectivity index (χ1) is 8.97. The molecule has 0 bridgehead atoms. The molecule has 0 spiro atoms. The fourth-order valence-electron chi connectivity index (χ4n) is 1.82.